The van der Waals surface area contributed by atoms with E-state index in [-0.39, 0.29) is 49.0 Å². The Bertz CT molecular complexity index is 652. The maximum Gasteiger partial charge on any atom is 0.324 e. The van der Waals surface area contributed by atoms with Gasteiger partial charge in [-0.2, -0.15) is 0 Å². The Kier molecular flexibility index (Phi) is 8.96. The molecule has 9 nitrogen and oxygen atoms in total. The minimum Gasteiger partial charge on any atom is -0.493 e. The SMILES string of the molecule is CN=C(NCCN1C(=O)CNC1=O)NCc1ccc(OC)c(OC)c1.I. The van der Waals surface area contributed by atoms with E-state index in [0.29, 0.717) is 30.5 Å². The highest BCUT2D eigenvalue weighted by atomic mass is 127. The topological polar surface area (TPSA) is 104 Å². The zero-order valence-electron chi connectivity index (χ0n) is 15.0. The van der Waals surface area contributed by atoms with Crippen molar-refractivity contribution in [1.82, 2.24) is 20.9 Å². The molecule has 0 aromatic heterocycles. The third-order valence-electron chi connectivity index (χ3n) is 3.70. The lowest BCUT2D eigenvalue weighted by Crippen LogP contribution is -2.43. The van der Waals surface area contributed by atoms with Gasteiger partial charge in [0.25, 0.3) is 0 Å². The second kappa shape index (κ2) is 10.7. The molecule has 1 aromatic rings. The highest BCUT2D eigenvalue weighted by molar-refractivity contribution is 14.0. The quantitative estimate of drug-likeness (QED) is 0.229. The fourth-order valence-corrected chi connectivity index (χ4v) is 2.36. The summed E-state index contributed by atoms with van der Waals surface area (Å²) in [6.45, 7) is 1.28. The Morgan fingerprint density at radius 1 is 1.23 bits per heavy atom. The van der Waals surface area contributed by atoms with Gasteiger partial charge in [-0.1, -0.05) is 6.07 Å². The molecule has 0 radical (unpaired) electrons. The lowest BCUT2D eigenvalue weighted by molar-refractivity contribution is -0.124. The highest BCUT2D eigenvalue weighted by Crippen LogP contribution is 2.27. The number of amides is 3. The van der Waals surface area contributed by atoms with Crippen LogP contribution in [-0.2, 0) is 11.3 Å². The summed E-state index contributed by atoms with van der Waals surface area (Å²) in [5.41, 5.74) is 0.995. The van der Waals surface area contributed by atoms with Gasteiger partial charge in [-0.05, 0) is 17.7 Å². The second-order valence-corrected chi connectivity index (χ2v) is 5.25. The Morgan fingerprint density at radius 2 is 1.96 bits per heavy atom. The molecular formula is C16H24IN5O4. The first-order chi connectivity index (χ1) is 12.1. The highest BCUT2D eigenvalue weighted by Gasteiger charge is 2.27. The van der Waals surface area contributed by atoms with Crippen LogP contribution in [0.4, 0.5) is 4.79 Å². The largest absolute Gasteiger partial charge is 0.493 e. The smallest absolute Gasteiger partial charge is 0.324 e. The summed E-state index contributed by atoms with van der Waals surface area (Å²) in [5, 5.41) is 8.71. The Balaban J connectivity index is 0.00000338. The van der Waals surface area contributed by atoms with Crippen molar-refractivity contribution in [2.75, 3.05) is 40.9 Å². The van der Waals surface area contributed by atoms with Crippen LogP contribution in [0.25, 0.3) is 0 Å². The molecule has 1 fully saturated rings. The van der Waals surface area contributed by atoms with Crippen molar-refractivity contribution in [2.24, 2.45) is 4.99 Å². The molecule has 0 spiro atoms. The van der Waals surface area contributed by atoms with Gasteiger partial charge < -0.3 is 25.4 Å². The molecule has 0 unspecified atom stereocenters. The average Bonchev–Trinajstić information content (AvgIpc) is 2.95. The summed E-state index contributed by atoms with van der Waals surface area (Å²) in [6.07, 6.45) is 0. The number of halogens is 1. The molecule has 3 N–H and O–H groups in total. The van der Waals surface area contributed by atoms with Gasteiger partial charge in [0, 0.05) is 26.7 Å². The van der Waals surface area contributed by atoms with Gasteiger partial charge in [-0.3, -0.25) is 14.7 Å². The average molecular weight is 477 g/mol. The van der Waals surface area contributed by atoms with Gasteiger partial charge in [0.1, 0.15) is 0 Å². The van der Waals surface area contributed by atoms with Crippen LogP contribution in [0, 0.1) is 0 Å². The number of urea groups is 1. The molecule has 1 saturated heterocycles. The number of rotatable bonds is 7. The first kappa shape index (κ1) is 21.8. The maximum atomic E-state index is 11.5. The van der Waals surface area contributed by atoms with Crippen LogP contribution < -0.4 is 25.4 Å². The summed E-state index contributed by atoms with van der Waals surface area (Å²) < 4.78 is 10.5. The van der Waals surface area contributed by atoms with Crippen molar-refractivity contribution >= 4 is 41.9 Å². The van der Waals surface area contributed by atoms with E-state index in [4.69, 9.17) is 9.47 Å². The van der Waals surface area contributed by atoms with Crippen LogP contribution in [-0.4, -0.2) is 63.7 Å². The first-order valence-corrected chi connectivity index (χ1v) is 7.82. The van der Waals surface area contributed by atoms with Gasteiger partial charge >= 0.3 is 6.03 Å². The maximum absolute atomic E-state index is 11.5. The molecule has 0 atom stereocenters. The molecule has 10 heteroatoms. The number of nitrogens with one attached hydrogen (secondary N) is 3. The van der Waals surface area contributed by atoms with Crippen molar-refractivity contribution in [2.45, 2.75) is 6.54 Å². The number of carbonyl (C=O) groups excluding carboxylic acids is 2. The first-order valence-electron chi connectivity index (χ1n) is 7.82. The van der Waals surface area contributed by atoms with Crippen LogP contribution in [0.5, 0.6) is 11.5 Å². The number of aliphatic imine (C=N–C) groups is 1. The van der Waals surface area contributed by atoms with Gasteiger partial charge in [-0.15, -0.1) is 24.0 Å². The van der Waals surface area contributed by atoms with E-state index < -0.39 is 0 Å². The number of imide groups is 1. The van der Waals surface area contributed by atoms with Crippen LogP contribution in [0.1, 0.15) is 5.56 Å². The molecule has 2 rings (SSSR count). The van der Waals surface area contributed by atoms with E-state index in [2.05, 4.69) is 20.9 Å². The standard InChI is InChI=1S/C16H23N5O4.HI/c1-17-15(18-6-7-21-14(22)10-20-16(21)23)19-9-11-4-5-12(24-2)13(8-11)25-3;/h4-5,8H,6-7,9-10H2,1-3H3,(H,20,23)(H2,17,18,19);1H. The van der Waals surface area contributed by atoms with E-state index in [1.165, 1.54) is 4.90 Å². The van der Waals surface area contributed by atoms with Crippen molar-refractivity contribution in [3.8, 4) is 11.5 Å². The lowest BCUT2D eigenvalue weighted by Gasteiger charge is -2.16. The summed E-state index contributed by atoms with van der Waals surface area (Å²) in [7, 11) is 4.83. The number of carbonyl (C=O) groups is 2. The zero-order chi connectivity index (χ0) is 18.2. The molecule has 1 aliphatic heterocycles. The van der Waals surface area contributed by atoms with Crippen molar-refractivity contribution < 1.29 is 19.1 Å². The number of hydrogen-bond acceptors (Lipinski definition) is 5. The second-order valence-electron chi connectivity index (χ2n) is 5.25. The van der Waals surface area contributed by atoms with Crippen molar-refractivity contribution in [3.63, 3.8) is 0 Å². The summed E-state index contributed by atoms with van der Waals surface area (Å²) >= 11 is 0. The van der Waals surface area contributed by atoms with Gasteiger partial charge in [0.15, 0.2) is 17.5 Å². The predicted molar refractivity (Wildman–Crippen MR) is 108 cm³/mol. The fourth-order valence-electron chi connectivity index (χ4n) is 2.36. The van der Waals surface area contributed by atoms with Crippen molar-refractivity contribution in [3.05, 3.63) is 23.8 Å². The van der Waals surface area contributed by atoms with Gasteiger partial charge in [0.05, 0.1) is 20.8 Å². The van der Waals surface area contributed by atoms with Crippen molar-refractivity contribution in [1.29, 1.82) is 0 Å². The minimum atomic E-state index is -0.361. The molecule has 144 valence electrons. The number of methoxy groups -OCH3 is 2. The molecular weight excluding hydrogens is 453 g/mol. The normalized spacial score (nSPS) is 13.8. The van der Waals surface area contributed by atoms with E-state index in [0.717, 1.165) is 5.56 Å². The van der Waals surface area contributed by atoms with E-state index in [9.17, 15) is 9.59 Å². The Morgan fingerprint density at radius 3 is 2.54 bits per heavy atom. The predicted octanol–water partition coefficient (Wildman–Crippen LogP) is 0.539. The molecule has 26 heavy (non-hydrogen) atoms. The van der Waals surface area contributed by atoms with Crippen LogP contribution in [0.15, 0.2) is 23.2 Å². The van der Waals surface area contributed by atoms with Crippen LogP contribution >= 0.6 is 24.0 Å². The molecule has 0 aliphatic carbocycles. The van der Waals surface area contributed by atoms with Gasteiger partial charge in [-0.25, -0.2) is 4.79 Å². The summed E-state index contributed by atoms with van der Waals surface area (Å²) in [5.74, 6) is 1.67. The number of guanidine groups is 1. The molecule has 3 amide bonds. The van der Waals surface area contributed by atoms with Gasteiger partial charge in [0.2, 0.25) is 5.91 Å². The Labute approximate surface area is 169 Å². The number of hydrogen-bond donors (Lipinski definition) is 3. The molecule has 1 aliphatic rings. The van der Waals surface area contributed by atoms with E-state index in [1.54, 1.807) is 21.3 Å². The molecule has 1 heterocycles. The van der Waals surface area contributed by atoms with E-state index >= 15 is 0 Å². The fraction of sp³-hybridized carbons (Fsp3) is 0.438. The molecule has 1 aromatic carbocycles. The minimum absolute atomic E-state index is 0. The zero-order valence-corrected chi connectivity index (χ0v) is 17.3. The third kappa shape index (κ3) is 5.64. The monoisotopic (exact) mass is 477 g/mol. The van der Waals surface area contributed by atoms with Crippen LogP contribution in [0.2, 0.25) is 0 Å². The van der Waals surface area contributed by atoms with Crippen LogP contribution in [0.3, 0.4) is 0 Å². The summed E-state index contributed by atoms with van der Waals surface area (Å²) in [4.78, 5) is 28.2. The number of benzene rings is 1. The Hall–Kier alpha value is -2.24. The summed E-state index contributed by atoms with van der Waals surface area (Å²) in [6, 6.07) is 5.28. The lowest BCUT2D eigenvalue weighted by atomic mass is 10.2. The third-order valence-corrected chi connectivity index (χ3v) is 3.70. The molecule has 0 saturated carbocycles. The van der Waals surface area contributed by atoms with E-state index in [1.807, 2.05) is 18.2 Å². The molecule has 0 bridgehead atoms. The number of nitrogens with zero attached hydrogens (tertiary/aromatic N) is 2. The number of ether oxygens (including phenoxy) is 2.